The second-order valence-electron chi connectivity index (χ2n) is 5.59. The molecule has 0 radical (unpaired) electrons. The molecule has 0 spiro atoms. The molecule has 124 valence electrons. The molecular formula is C18H16N6O. The van der Waals surface area contributed by atoms with Crippen molar-refractivity contribution < 1.29 is 4.74 Å². The van der Waals surface area contributed by atoms with Crippen LogP contribution in [0.25, 0.3) is 16.8 Å². The number of nitrogens with one attached hydrogen (secondary N) is 1. The summed E-state index contributed by atoms with van der Waals surface area (Å²) in [6, 6.07) is 11.6. The van der Waals surface area contributed by atoms with Crippen LogP contribution in [0.5, 0.6) is 5.75 Å². The third kappa shape index (κ3) is 2.99. The summed E-state index contributed by atoms with van der Waals surface area (Å²) in [4.78, 5) is 8.91. The highest BCUT2D eigenvalue weighted by molar-refractivity contribution is 5.77. The quantitative estimate of drug-likeness (QED) is 0.618. The lowest BCUT2D eigenvalue weighted by Crippen LogP contribution is -1.99. The number of benzene rings is 1. The van der Waals surface area contributed by atoms with Crippen molar-refractivity contribution >= 4 is 17.2 Å². The van der Waals surface area contributed by atoms with E-state index < -0.39 is 0 Å². The molecule has 0 atom stereocenters. The summed E-state index contributed by atoms with van der Waals surface area (Å²) in [7, 11) is 1.65. The van der Waals surface area contributed by atoms with E-state index in [1.165, 1.54) is 0 Å². The van der Waals surface area contributed by atoms with E-state index in [0.29, 0.717) is 5.95 Å². The zero-order chi connectivity index (χ0) is 17.2. The molecule has 3 aromatic heterocycles. The van der Waals surface area contributed by atoms with Gasteiger partial charge < -0.3 is 10.1 Å². The first-order chi connectivity index (χ1) is 12.2. The van der Waals surface area contributed by atoms with E-state index in [0.717, 1.165) is 33.8 Å². The van der Waals surface area contributed by atoms with Gasteiger partial charge in [-0.3, -0.25) is 0 Å². The number of rotatable bonds is 4. The van der Waals surface area contributed by atoms with Crippen LogP contribution in [0.15, 0.2) is 55.0 Å². The number of aromatic nitrogens is 5. The number of hydrogen-bond acceptors (Lipinski definition) is 6. The lowest BCUT2D eigenvalue weighted by molar-refractivity contribution is 0.414. The van der Waals surface area contributed by atoms with Crippen LogP contribution in [-0.2, 0) is 0 Å². The molecule has 3 heterocycles. The highest BCUT2D eigenvalue weighted by Gasteiger charge is 2.10. The highest BCUT2D eigenvalue weighted by Crippen LogP contribution is 2.25. The fraction of sp³-hybridized carbons (Fsp3) is 0.111. The van der Waals surface area contributed by atoms with Gasteiger partial charge in [-0.25, -0.2) is 9.97 Å². The summed E-state index contributed by atoms with van der Waals surface area (Å²) in [6.45, 7) is 2.01. The lowest BCUT2D eigenvalue weighted by atomic mass is 10.2. The Kier molecular flexibility index (Phi) is 3.74. The molecule has 0 aliphatic rings. The van der Waals surface area contributed by atoms with Gasteiger partial charge in [0.15, 0.2) is 0 Å². The monoisotopic (exact) mass is 332 g/mol. The minimum Gasteiger partial charge on any atom is -0.497 e. The van der Waals surface area contributed by atoms with Crippen molar-refractivity contribution in [3.05, 3.63) is 60.6 Å². The normalized spacial score (nSPS) is 10.8. The maximum Gasteiger partial charge on any atom is 0.227 e. The molecule has 7 heteroatoms. The van der Waals surface area contributed by atoms with Crippen LogP contribution in [0.2, 0.25) is 0 Å². The van der Waals surface area contributed by atoms with Gasteiger partial charge in [-0.05, 0) is 42.8 Å². The summed E-state index contributed by atoms with van der Waals surface area (Å²) in [6.07, 6.45) is 5.17. The number of hydrogen-bond donors (Lipinski definition) is 1. The van der Waals surface area contributed by atoms with Crippen molar-refractivity contribution in [2.45, 2.75) is 6.92 Å². The number of fused-ring (bicyclic) bond motifs is 1. The van der Waals surface area contributed by atoms with Crippen LogP contribution < -0.4 is 10.1 Å². The van der Waals surface area contributed by atoms with Gasteiger partial charge >= 0.3 is 0 Å². The Morgan fingerprint density at radius 2 is 2.00 bits per heavy atom. The predicted octanol–water partition coefficient (Wildman–Crippen LogP) is 3.25. The fourth-order valence-corrected chi connectivity index (χ4v) is 2.67. The van der Waals surface area contributed by atoms with Crippen molar-refractivity contribution in [3.63, 3.8) is 0 Å². The van der Waals surface area contributed by atoms with Crippen LogP contribution >= 0.6 is 0 Å². The molecule has 0 saturated carbocycles. The smallest absolute Gasteiger partial charge is 0.227 e. The van der Waals surface area contributed by atoms with Gasteiger partial charge in [0.25, 0.3) is 0 Å². The standard InChI is InChI=1S/C18H16N6O/c1-12-8-13(10-14(9-12)25-2)22-18-19-7-5-16(23-18)15-11-21-24-17(15)4-3-6-20-24/h3-11H,1-2H3,(H,19,22,23). The Labute approximate surface area is 144 Å². The molecule has 0 saturated heterocycles. The average Bonchev–Trinajstić information content (AvgIpc) is 3.05. The molecule has 0 unspecified atom stereocenters. The zero-order valence-electron chi connectivity index (χ0n) is 13.8. The van der Waals surface area contributed by atoms with Crippen molar-refractivity contribution in [1.29, 1.82) is 0 Å². The first-order valence-electron chi connectivity index (χ1n) is 7.78. The van der Waals surface area contributed by atoms with Gasteiger partial charge in [0.1, 0.15) is 5.75 Å². The molecule has 4 aromatic rings. The molecule has 0 fully saturated rings. The van der Waals surface area contributed by atoms with E-state index in [-0.39, 0.29) is 0 Å². The summed E-state index contributed by atoms with van der Waals surface area (Å²) in [5, 5.41) is 11.7. The van der Waals surface area contributed by atoms with Crippen molar-refractivity contribution in [3.8, 4) is 17.0 Å². The van der Waals surface area contributed by atoms with E-state index in [4.69, 9.17) is 4.74 Å². The highest BCUT2D eigenvalue weighted by atomic mass is 16.5. The van der Waals surface area contributed by atoms with Crippen molar-refractivity contribution in [2.24, 2.45) is 0 Å². The van der Waals surface area contributed by atoms with Gasteiger partial charge in [0.2, 0.25) is 5.95 Å². The Morgan fingerprint density at radius 3 is 2.88 bits per heavy atom. The summed E-state index contributed by atoms with van der Waals surface area (Å²) in [5.41, 5.74) is 4.53. The van der Waals surface area contributed by atoms with Crippen molar-refractivity contribution in [2.75, 3.05) is 12.4 Å². The molecule has 0 aliphatic carbocycles. The fourth-order valence-electron chi connectivity index (χ4n) is 2.67. The van der Waals surface area contributed by atoms with Gasteiger partial charge in [0.05, 0.1) is 24.5 Å². The van der Waals surface area contributed by atoms with Gasteiger partial charge in [-0.2, -0.15) is 14.8 Å². The minimum absolute atomic E-state index is 0.508. The van der Waals surface area contributed by atoms with E-state index >= 15 is 0 Å². The first-order valence-corrected chi connectivity index (χ1v) is 7.78. The molecule has 1 N–H and O–H groups in total. The van der Waals surface area contributed by atoms with Crippen LogP contribution in [0.4, 0.5) is 11.6 Å². The molecule has 0 amide bonds. The van der Waals surface area contributed by atoms with Gasteiger partial charge in [-0.1, -0.05) is 0 Å². The predicted molar refractivity (Wildman–Crippen MR) is 95.0 cm³/mol. The molecule has 0 aliphatic heterocycles. The summed E-state index contributed by atoms with van der Waals surface area (Å²) in [5.74, 6) is 1.29. The maximum absolute atomic E-state index is 5.31. The SMILES string of the molecule is COc1cc(C)cc(Nc2nccc(-c3cnn4ncccc34)n2)c1. The molecule has 1 aromatic carbocycles. The third-order valence-corrected chi connectivity index (χ3v) is 3.78. The first kappa shape index (κ1) is 15.1. The Hall–Kier alpha value is -3.48. The second kappa shape index (κ2) is 6.20. The van der Waals surface area contributed by atoms with Crippen LogP contribution in [0.3, 0.4) is 0 Å². The van der Waals surface area contributed by atoms with E-state index in [1.54, 1.807) is 30.3 Å². The molecule has 0 bridgehead atoms. The number of aryl methyl sites for hydroxylation is 1. The molecule has 25 heavy (non-hydrogen) atoms. The Bertz CT molecular complexity index is 1040. The largest absolute Gasteiger partial charge is 0.497 e. The molecule has 7 nitrogen and oxygen atoms in total. The van der Waals surface area contributed by atoms with Gasteiger partial charge in [-0.15, -0.1) is 0 Å². The van der Waals surface area contributed by atoms with E-state index in [2.05, 4.69) is 25.5 Å². The number of ether oxygens (including phenoxy) is 1. The number of nitrogens with zero attached hydrogens (tertiary/aromatic N) is 5. The minimum atomic E-state index is 0.508. The Balaban J connectivity index is 1.69. The van der Waals surface area contributed by atoms with Crippen LogP contribution in [0.1, 0.15) is 5.56 Å². The topological polar surface area (TPSA) is 77.2 Å². The van der Waals surface area contributed by atoms with Crippen LogP contribution in [0, 0.1) is 6.92 Å². The van der Waals surface area contributed by atoms with E-state index in [1.807, 2.05) is 43.3 Å². The second-order valence-corrected chi connectivity index (χ2v) is 5.59. The Morgan fingerprint density at radius 1 is 1.08 bits per heavy atom. The lowest BCUT2D eigenvalue weighted by Gasteiger charge is -2.09. The summed E-state index contributed by atoms with van der Waals surface area (Å²) >= 11 is 0. The van der Waals surface area contributed by atoms with Gasteiger partial charge in [0, 0.05) is 29.7 Å². The van der Waals surface area contributed by atoms with Crippen molar-refractivity contribution in [1.82, 2.24) is 24.8 Å². The number of anilines is 2. The zero-order valence-corrected chi connectivity index (χ0v) is 13.8. The molecular weight excluding hydrogens is 316 g/mol. The average molecular weight is 332 g/mol. The number of methoxy groups -OCH3 is 1. The molecule has 4 rings (SSSR count). The summed E-state index contributed by atoms with van der Waals surface area (Å²) < 4.78 is 6.88. The maximum atomic E-state index is 5.31. The van der Waals surface area contributed by atoms with E-state index in [9.17, 15) is 0 Å². The third-order valence-electron chi connectivity index (χ3n) is 3.78. The van der Waals surface area contributed by atoms with Crippen LogP contribution in [-0.4, -0.2) is 31.9 Å².